The van der Waals surface area contributed by atoms with Crippen LogP contribution in [0.2, 0.25) is 0 Å². The largest absolute Gasteiger partial charge is 0.335 e. The maximum absolute atomic E-state index is 13.1. The molecule has 1 aromatic carbocycles. The smallest absolute Gasteiger partial charge is 0.330 e. The van der Waals surface area contributed by atoms with Gasteiger partial charge in [0.05, 0.1) is 11.6 Å². The van der Waals surface area contributed by atoms with Crippen LogP contribution in [0.1, 0.15) is 44.2 Å². The number of benzene rings is 1. The lowest BCUT2D eigenvalue weighted by Crippen LogP contribution is -2.54. The average Bonchev–Trinajstić information content (AvgIpc) is 3.27. The molecule has 4 amide bonds. The molecule has 1 aliphatic heterocycles. The van der Waals surface area contributed by atoms with E-state index in [0.717, 1.165) is 41.7 Å². The number of imide groups is 1. The highest BCUT2D eigenvalue weighted by molar-refractivity contribution is 5.96. The van der Waals surface area contributed by atoms with E-state index in [0.29, 0.717) is 16.8 Å². The van der Waals surface area contributed by atoms with Gasteiger partial charge in [0.15, 0.2) is 0 Å². The third-order valence-electron chi connectivity index (χ3n) is 5.67. The Morgan fingerprint density at radius 3 is 2.70 bits per heavy atom. The molecule has 0 radical (unpaired) electrons. The van der Waals surface area contributed by atoms with Gasteiger partial charge in [0.1, 0.15) is 6.04 Å². The highest BCUT2D eigenvalue weighted by Gasteiger charge is 2.39. The first-order valence-corrected chi connectivity index (χ1v) is 10.1. The molecule has 2 aromatic rings. The van der Waals surface area contributed by atoms with Crippen LogP contribution >= 0.6 is 0 Å². The number of hydrogen-bond acceptors (Lipinski definition) is 4. The quantitative estimate of drug-likeness (QED) is 0.803. The second-order valence-electron chi connectivity index (χ2n) is 7.65. The molecule has 1 aliphatic carbocycles. The normalized spacial score (nSPS) is 19.4. The molecule has 2 heterocycles. The molecule has 1 atom stereocenters. The Bertz CT molecular complexity index is 1040. The lowest BCUT2D eigenvalue weighted by atomic mass is 9.92. The fourth-order valence-corrected chi connectivity index (χ4v) is 4.15. The molecule has 0 bridgehead atoms. The van der Waals surface area contributed by atoms with Gasteiger partial charge < -0.3 is 10.6 Å². The van der Waals surface area contributed by atoms with Crippen LogP contribution in [-0.2, 0) is 0 Å². The predicted molar refractivity (Wildman–Crippen MR) is 112 cm³/mol. The summed E-state index contributed by atoms with van der Waals surface area (Å²) in [6, 6.07) is 11.8. The van der Waals surface area contributed by atoms with Gasteiger partial charge in [0.2, 0.25) is 0 Å². The summed E-state index contributed by atoms with van der Waals surface area (Å²) in [5.74, 6) is 0. The topological polar surface area (TPSA) is 98.1 Å². The Balaban J connectivity index is 1.74. The van der Waals surface area contributed by atoms with Gasteiger partial charge in [-0.05, 0) is 48.6 Å². The number of aromatic nitrogens is 1. The Morgan fingerprint density at radius 2 is 2.00 bits per heavy atom. The van der Waals surface area contributed by atoms with E-state index in [-0.39, 0.29) is 6.04 Å². The number of amides is 4. The molecule has 7 nitrogen and oxygen atoms in total. The fourth-order valence-electron chi connectivity index (χ4n) is 4.15. The van der Waals surface area contributed by atoms with E-state index < -0.39 is 18.1 Å². The molecule has 1 fully saturated rings. The predicted octanol–water partition coefficient (Wildman–Crippen LogP) is 4.26. The van der Waals surface area contributed by atoms with Crippen LogP contribution in [0, 0.1) is 11.3 Å². The number of pyridine rings is 1. The van der Waals surface area contributed by atoms with Gasteiger partial charge >= 0.3 is 12.1 Å². The zero-order chi connectivity index (χ0) is 21.1. The van der Waals surface area contributed by atoms with Crippen molar-refractivity contribution in [2.24, 2.45) is 0 Å². The Hall–Kier alpha value is -3.66. The Kier molecular flexibility index (Phi) is 5.48. The van der Waals surface area contributed by atoms with E-state index in [1.807, 2.05) is 36.4 Å². The lowest BCUT2D eigenvalue weighted by molar-refractivity contribution is 0.171. The van der Waals surface area contributed by atoms with Crippen LogP contribution in [0.25, 0.3) is 11.1 Å². The summed E-state index contributed by atoms with van der Waals surface area (Å²) in [7, 11) is 0. The van der Waals surface area contributed by atoms with Crippen LogP contribution in [0.5, 0.6) is 0 Å². The maximum Gasteiger partial charge on any atom is 0.330 e. The van der Waals surface area contributed by atoms with Gasteiger partial charge in [0.25, 0.3) is 0 Å². The van der Waals surface area contributed by atoms with Gasteiger partial charge in [-0.1, -0.05) is 37.1 Å². The molecule has 2 N–H and O–H groups in total. The number of carbonyl (C=O) groups is 2. The standard InChI is InChI=1S/C23H23N5O2/c1-15-20(13-24)21(17-7-4-6-16(12-17)18-8-5-11-25-14-18)28(22(29)26-15)23(30)27-19-9-2-3-10-19/h4-8,11-12,14,19,21H,2-3,9-10H2,1H3,(H,26,29)(H,27,30). The highest BCUT2D eigenvalue weighted by Crippen LogP contribution is 2.35. The van der Waals surface area contributed by atoms with Crippen LogP contribution in [0.4, 0.5) is 9.59 Å². The van der Waals surface area contributed by atoms with Crippen molar-refractivity contribution in [1.82, 2.24) is 20.5 Å². The molecule has 30 heavy (non-hydrogen) atoms. The van der Waals surface area contributed by atoms with E-state index in [4.69, 9.17) is 0 Å². The fraction of sp³-hybridized carbons (Fsp3) is 0.304. The number of nitrogens with one attached hydrogen (secondary N) is 2. The van der Waals surface area contributed by atoms with Crippen molar-refractivity contribution < 1.29 is 9.59 Å². The number of hydrogen-bond donors (Lipinski definition) is 2. The van der Waals surface area contributed by atoms with Crippen LogP contribution in [0.3, 0.4) is 0 Å². The van der Waals surface area contributed by atoms with Crippen LogP contribution in [-0.4, -0.2) is 28.0 Å². The zero-order valence-electron chi connectivity index (χ0n) is 16.8. The minimum Gasteiger partial charge on any atom is -0.335 e. The molecule has 152 valence electrons. The van der Waals surface area contributed by atoms with Gasteiger partial charge in [-0.3, -0.25) is 4.98 Å². The number of nitriles is 1. The molecular formula is C23H23N5O2. The van der Waals surface area contributed by atoms with Crippen molar-refractivity contribution in [2.45, 2.75) is 44.7 Å². The van der Waals surface area contributed by atoms with Crippen molar-refractivity contribution in [1.29, 1.82) is 5.26 Å². The second kappa shape index (κ2) is 8.37. The van der Waals surface area contributed by atoms with Gasteiger partial charge in [-0.25, -0.2) is 14.5 Å². The number of urea groups is 2. The van der Waals surface area contributed by atoms with E-state index in [2.05, 4.69) is 21.7 Å². The number of allylic oxidation sites excluding steroid dienone is 1. The van der Waals surface area contributed by atoms with Crippen LogP contribution < -0.4 is 10.6 Å². The third kappa shape index (κ3) is 3.77. The summed E-state index contributed by atoms with van der Waals surface area (Å²) in [6.07, 6.45) is 7.40. The molecular weight excluding hydrogens is 378 g/mol. The van der Waals surface area contributed by atoms with Crippen molar-refractivity contribution in [3.8, 4) is 17.2 Å². The molecule has 1 saturated carbocycles. The highest BCUT2D eigenvalue weighted by atomic mass is 16.2. The minimum atomic E-state index is -0.790. The Morgan fingerprint density at radius 1 is 1.23 bits per heavy atom. The first-order chi connectivity index (χ1) is 14.6. The van der Waals surface area contributed by atoms with Crippen molar-refractivity contribution in [3.05, 3.63) is 65.6 Å². The minimum absolute atomic E-state index is 0.0604. The molecule has 1 unspecified atom stereocenters. The summed E-state index contributed by atoms with van der Waals surface area (Å²) in [5, 5.41) is 15.4. The van der Waals surface area contributed by atoms with Crippen LogP contribution in [0.15, 0.2) is 60.1 Å². The summed E-state index contributed by atoms with van der Waals surface area (Å²) in [6.45, 7) is 1.68. The lowest BCUT2D eigenvalue weighted by Gasteiger charge is -2.35. The Labute approximate surface area is 175 Å². The monoisotopic (exact) mass is 401 g/mol. The second-order valence-corrected chi connectivity index (χ2v) is 7.65. The van der Waals surface area contributed by atoms with E-state index in [1.54, 1.807) is 19.3 Å². The average molecular weight is 401 g/mol. The zero-order valence-corrected chi connectivity index (χ0v) is 16.8. The summed E-state index contributed by atoms with van der Waals surface area (Å²) < 4.78 is 0. The number of rotatable bonds is 3. The van der Waals surface area contributed by atoms with E-state index in [9.17, 15) is 14.9 Å². The summed E-state index contributed by atoms with van der Waals surface area (Å²) in [4.78, 5) is 31.2. The van der Waals surface area contributed by atoms with Gasteiger partial charge in [-0.2, -0.15) is 5.26 Å². The summed E-state index contributed by atoms with van der Waals surface area (Å²) >= 11 is 0. The maximum atomic E-state index is 13.1. The molecule has 1 aromatic heterocycles. The van der Waals surface area contributed by atoms with Crippen molar-refractivity contribution >= 4 is 12.1 Å². The number of carbonyl (C=O) groups excluding carboxylic acids is 2. The molecule has 0 spiro atoms. The molecule has 4 rings (SSSR count). The first-order valence-electron chi connectivity index (χ1n) is 10.1. The summed E-state index contributed by atoms with van der Waals surface area (Å²) in [5.41, 5.74) is 3.32. The van der Waals surface area contributed by atoms with E-state index in [1.165, 1.54) is 0 Å². The van der Waals surface area contributed by atoms with E-state index >= 15 is 0 Å². The molecule has 2 aliphatic rings. The number of nitrogens with zero attached hydrogens (tertiary/aromatic N) is 3. The third-order valence-corrected chi connectivity index (χ3v) is 5.67. The van der Waals surface area contributed by atoms with Crippen molar-refractivity contribution in [3.63, 3.8) is 0 Å². The molecule has 7 heteroatoms. The molecule has 0 saturated heterocycles. The van der Waals surface area contributed by atoms with Gasteiger partial charge in [0, 0.05) is 24.1 Å². The van der Waals surface area contributed by atoms with Gasteiger partial charge in [-0.15, -0.1) is 0 Å². The SMILES string of the molecule is CC1=C(C#N)C(c2cccc(-c3cccnc3)c2)N(C(=O)NC2CCCC2)C(=O)N1. The van der Waals surface area contributed by atoms with Crippen molar-refractivity contribution in [2.75, 3.05) is 0 Å². The first kappa shape index (κ1) is 19.6.